The number of ether oxygens (including phenoxy) is 1. The standard InChI is InChI=1S/C18H23N3O3S/c1-11-7-13(3)15(8-12(11)2)16(22)10-25-18-20-19-17(23)21(18)9-14-5-4-6-24-14/h7-8,14H,4-6,9-10H2,1-3H3,(H,19,23)/t14-/m1/s1. The molecule has 1 aliphatic heterocycles. The number of thioether (sulfide) groups is 1. The Bertz CT molecular complexity index is 835. The van der Waals surface area contributed by atoms with Crippen molar-refractivity contribution in [3.05, 3.63) is 44.9 Å². The first-order valence-corrected chi connectivity index (χ1v) is 9.45. The second-order valence-electron chi connectivity index (χ2n) is 6.52. The lowest BCUT2D eigenvalue weighted by Crippen LogP contribution is -2.25. The lowest BCUT2D eigenvalue weighted by molar-refractivity contribution is 0.0941. The number of Topliss-reactive ketones (excluding diaryl/α,β-unsaturated/α-hetero) is 1. The first-order valence-electron chi connectivity index (χ1n) is 8.46. The van der Waals surface area contributed by atoms with Crippen LogP contribution in [0.15, 0.2) is 22.1 Å². The molecular formula is C18H23N3O3S. The molecule has 1 atom stereocenters. The van der Waals surface area contributed by atoms with Crippen LogP contribution in [0.2, 0.25) is 0 Å². The molecule has 1 N–H and O–H groups in total. The maximum atomic E-state index is 12.6. The van der Waals surface area contributed by atoms with Gasteiger partial charge in [0.05, 0.1) is 18.4 Å². The van der Waals surface area contributed by atoms with E-state index in [1.807, 2.05) is 32.9 Å². The SMILES string of the molecule is Cc1cc(C)c(C(=O)CSc2n[nH]c(=O)n2C[C@H]2CCCO2)cc1C. The monoisotopic (exact) mass is 361 g/mol. The third kappa shape index (κ3) is 4.04. The molecule has 0 aliphatic carbocycles. The van der Waals surface area contributed by atoms with Crippen molar-refractivity contribution >= 4 is 17.5 Å². The quantitative estimate of drug-likeness (QED) is 0.632. The smallest absolute Gasteiger partial charge is 0.344 e. The number of H-pyrrole nitrogens is 1. The van der Waals surface area contributed by atoms with Gasteiger partial charge in [0.25, 0.3) is 0 Å². The normalized spacial score (nSPS) is 17.2. The van der Waals surface area contributed by atoms with Crippen molar-refractivity contribution in [2.24, 2.45) is 0 Å². The Morgan fingerprint density at radius 1 is 1.32 bits per heavy atom. The highest BCUT2D eigenvalue weighted by molar-refractivity contribution is 7.99. The average molecular weight is 361 g/mol. The second kappa shape index (κ2) is 7.58. The van der Waals surface area contributed by atoms with E-state index in [-0.39, 0.29) is 23.3 Å². The summed E-state index contributed by atoms with van der Waals surface area (Å²) in [4.78, 5) is 24.6. The number of ketones is 1. The minimum absolute atomic E-state index is 0.0460. The predicted molar refractivity (Wildman–Crippen MR) is 97.5 cm³/mol. The van der Waals surface area contributed by atoms with Gasteiger partial charge >= 0.3 is 5.69 Å². The molecule has 6 nitrogen and oxygen atoms in total. The van der Waals surface area contributed by atoms with Crippen LogP contribution in [0.3, 0.4) is 0 Å². The lowest BCUT2D eigenvalue weighted by atomic mass is 9.99. The van der Waals surface area contributed by atoms with E-state index in [1.54, 1.807) is 4.57 Å². The highest BCUT2D eigenvalue weighted by Crippen LogP contribution is 2.21. The zero-order valence-corrected chi connectivity index (χ0v) is 15.6. The summed E-state index contributed by atoms with van der Waals surface area (Å²) in [7, 11) is 0. The van der Waals surface area contributed by atoms with E-state index < -0.39 is 0 Å². The van der Waals surface area contributed by atoms with Gasteiger partial charge in [-0.05, 0) is 56.4 Å². The average Bonchev–Trinajstić information content (AvgIpc) is 3.20. The van der Waals surface area contributed by atoms with E-state index >= 15 is 0 Å². The minimum Gasteiger partial charge on any atom is -0.376 e. The van der Waals surface area contributed by atoms with E-state index in [9.17, 15) is 9.59 Å². The molecule has 0 spiro atoms. The second-order valence-corrected chi connectivity index (χ2v) is 7.46. The molecule has 0 bridgehead atoms. The molecule has 3 rings (SSSR count). The number of aryl methyl sites for hydroxylation is 3. The molecule has 2 heterocycles. The molecule has 7 heteroatoms. The fraction of sp³-hybridized carbons (Fsp3) is 0.500. The van der Waals surface area contributed by atoms with Gasteiger partial charge in [0.1, 0.15) is 0 Å². The Hall–Kier alpha value is -1.86. The highest BCUT2D eigenvalue weighted by atomic mass is 32.2. The Morgan fingerprint density at radius 2 is 2.08 bits per heavy atom. The van der Waals surface area contributed by atoms with Crippen molar-refractivity contribution in [2.45, 2.75) is 51.4 Å². The van der Waals surface area contributed by atoms with Crippen molar-refractivity contribution in [1.29, 1.82) is 0 Å². The van der Waals surface area contributed by atoms with Gasteiger partial charge in [0, 0.05) is 12.2 Å². The van der Waals surface area contributed by atoms with Crippen LogP contribution in [0.4, 0.5) is 0 Å². The Balaban J connectivity index is 1.70. The summed E-state index contributed by atoms with van der Waals surface area (Å²) in [6.45, 7) is 7.22. The molecule has 134 valence electrons. The molecule has 0 amide bonds. The number of aromatic nitrogens is 3. The van der Waals surface area contributed by atoms with E-state index in [0.717, 1.165) is 36.1 Å². The third-order valence-corrected chi connectivity index (χ3v) is 5.58. The number of aromatic amines is 1. The lowest BCUT2D eigenvalue weighted by Gasteiger charge is -2.11. The van der Waals surface area contributed by atoms with Crippen molar-refractivity contribution in [3.8, 4) is 0 Å². The largest absolute Gasteiger partial charge is 0.376 e. The molecule has 0 saturated carbocycles. The van der Waals surface area contributed by atoms with Gasteiger partial charge in [0.15, 0.2) is 10.9 Å². The molecule has 0 radical (unpaired) electrons. The van der Waals surface area contributed by atoms with Gasteiger partial charge in [-0.15, -0.1) is 5.10 Å². The van der Waals surface area contributed by atoms with Crippen molar-refractivity contribution in [1.82, 2.24) is 14.8 Å². The summed E-state index contributed by atoms with van der Waals surface area (Å²) in [5.41, 5.74) is 3.74. The number of carbonyl (C=O) groups excluding carboxylic acids is 1. The van der Waals surface area contributed by atoms with Crippen LogP contribution < -0.4 is 5.69 Å². The molecule has 1 aromatic carbocycles. The van der Waals surface area contributed by atoms with Crippen LogP contribution in [0.5, 0.6) is 0 Å². The summed E-state index contributed by atoms with van der Waals surface area (Å²) >= 11 is 1.29. The summed E-state index contributed by atoms with van der Waals surface area (Å²) in [6, 6.07) is 3.98. The minimum atomic E-state index is -0.257. The zero-order chi connectivity index (χ0) is 18.0. The van der Waals surface area contributed by atoms with Gasteiger partial charge in [-0.25, -0.2) is 9.89 Å². The molecule has 1 fully saturated rings. The number of rotatable bonds is 6. The van der Waals surface area contributed by atoms with Gasteiger partial charge in [-0.1, -0.05) is 17.8 Å². The molecule has 25 heavy (non-hydrogen) atoms. The third-order valence-electron chi connectivity index (χ3n) is 4.61. The summed E-state index contributed by atoms with van der Waals surface area (Å²) < 4.78 is 7.16. The molecule has 0 unspecified atom stereocenters. The number of hydrogen-bond acceptors (Lipinski definition) is 5. The number of hydrogen-bond donors (Lipinski definition) is 1. The Kier molecular flexibility index (Phi) is 5.44. The maximum absolute atomic E-state index is 12.6. The number of benzene rings is 1. The van der Waals surface area contributed by atoms with Gasteiger partial charge < -0.3 is 4.74 Å². The Labute approximate surface area is 151 Å². The molecule has 1 saturated heterocycles. The molecule has 2 aromatic rings. The van der Waals surface area contributed by atoms with Crippen LogP contribution >= 0.6 is 11.8 Å². The summed E-state index contributed by atoms with van der Waals surface area (Å²) in [5, 5.41) is 7.07. The van der Waals surface area contributed by atoms with Crippen molar-refractivity contribution in [2.75, 3.05) is 12.4 Å². The van der Waals surface area contributed by atoms with E-state index in [0.29, 0.717) is 11.7 Å². The van der Waals surface area contributed by atoms with Crippen LogP contribution in [0, 0.1) is 20.8 Å². The fourth-order valence-electron chi connectivity index (χ4n) is 3.04. The van der Waals surface area contributed by atoms with Gasteiger partial charge in [-0.3, -0.25) is 9.36 Å². The molecular weight excluding hydrogens is 338 g/mol. The van der Waals surface area contributed by atoms with E-state index in [1.165, 1.54) is 17.3 Å². The number of nitrogens with zero attached hydrogens (tertiary/aromatic N) is 2. The van der Waals surface area contributed by atoms with Crippen molar-refractivity contribution < 1.29 is 9.53 Å². The molecule has 1 aromatic heterocycles. The van der Waals surface area contributed by atoms with Gasteiger partial charge in [0.2, 0.25) is 0 Å². The summed E-state index contributed by atoms with van der Waals surface area (Å²) in [6.07, 6.45) is 2.01. The Morgan fingerprint density at radius 3 is 2.80 bits per heavy atom. The van der Waals surface area contributed by atoms with Crippen LogP contribution in [0.1, 0.15) is 39.9 Å². The van der Waals surface area contributed by atoms with E-state index in [4.69, 9.17) is 4.74 Å². The van der Waals surface area contributed by atoms with Crippen LogP contribution in [-0.2, 0) is 11.3 Å². The first-order chi connectivity index (χ1) is 12.0. The molecule has 1 aliphatic rings. The maximum Gasteiger partial charge on any atom is 0.344 e. The zero-order valence-electron chi connectivity index (χ0n) is 14.8. The van der Waals surface area contributed by atoms with Crippen LogP contribution in [0.25, 0.3) is 0 Å². The fourth-order valence-corrected chi connectivity index (χ4v) is 3.87. The van der Waals surface area contributed by atoms with Gasteiger partial charge in [-0.2, -0.15) is 0 Å². The predicted octanol–water partition coefficient (Wildman–Crippen LogP) is 2.65. The number of carbonyl (C=O) groups is 1. The van der Waals surface area contributed by atoms with Crippen molar-refractivity contribution in [3.63, 3.8) is 0 Å². The summed E-state index contributed by atoms with van der Waals surface area (Å²) in [5.74, 6) is 0.295. The topological polar surface area (TPSA) is 77.0 Å². The highest BCUT2D eigenvalue weighted by Gasteiger charge is 2.20. The first kappa shape index (κ1) is 17.9. The van der Waals surface area contributed by atoms with E-state index in [2.05, 4.69) is 10.2 Å². The van der Waals surface area contributed by atoms with Crippen LogP contribution in [-0.4, -0.2) is 39.0 Å². The number of nitrogens with one attached hydrogen (secondary N) is 1.